The molecule has 3 aromatic rings. The van der Waals surface area contributed by atoms with Gasteiger partial charge in [0.05, 0.1) is 0 Å². The van der Waals surface area contributed by atoms with Crippen LogP contribution in [0.2, 0.25) is 5.02 Å². The van der Waals surface area contributed by atoms with Gasteiger partial charge in [0.2, 0.25) is 0 Å². The molecule has 108 valence electrons. The lowest BCUT2D eigenvalue weighted by atomic mass is 9.92. The number of hydrogen-bond donors (Lipinski definition) is 1. The maximum Gasteiger partial charge on any atom is 0.144 e. The Morgan fingerprint density at radius 3 is 2.48 bits per heavy atom. The van der Waals surface area contributed by atoms with Gasteiger partial charge in [0.25, 0.3) is 0 Å². The lowest BCUT2D eigenvalue weighted by molar-refractivity contribution is 0.0786. The van der Waals surface area contributed by atoms with Crippen molar-refractivity contribution >= 4 is 22.6 Å². The van der Waals surface area contributed by atoms with E-state index in [0.717, 1.165) is 23.0 Å². The van der Waals surface area contributed by atoms with E-state index in [2.05, 4.69) is 6.92 Å². The number of fused-ring (bicyclic) bond motifs is 1. The summed E-state index contributed by atoms with van der Waals surface area (Å²) in [6.07, 6.45) is 0.978. The van der Waals surface area contributed by atoms with Crippen molar-refractivity contribution in [3.63, 3.8) is 0 Å². The highest BCUT2D eigenvalue weighted by molar-refractivity contribution is 6.31. The first-order chi connectivity index (χ1) is 10.0. The molecule has 0 aliphatic carbocycles. The lowest BCUT2D eigenvalue weighted by Crippen LogP contribution is -2.21. The summed E-state index contributed by atoms with van der Waals surface area (Å²) in [5, 5.41) is 12.4. The van der Waals surface area contributed by atoms with Crippen LogP contribution in [-0.4, -0.2) is 5.11 Å². The van der Waals surface area contributed by atoms with Gasteiger partial charge in [-0.25, -0.2) is 0 Å². The van der Waals surface area contributed by atoms with Gasteiger partial charge < -0.3 is 9.52 Å². The van der Waals surface area contributed by atoms with Gasteiger partial charge >= 0.3 is 0 Å². The Morgan fingerprint density at radius 2 is 1.81 bits per heavy atom. The summed E-state index contributed by atoms with van der Waals surface area (Å²) in [4.78, 5) is 0. The molecule has 21 heavy (non-hydrogen) atoms. The summed E-state index contributed by atoms with van der Waals surface area (Å²) in [7, 11) is 0. The number of furan rings is 1. The van der Waals surface area contributed by atoms with Crippen LogP contribution in [0.25, 0.3) is 11.0 Å². The zero-order valence-corrected chi connectivity index (χ0v) is 12.8. The standard InChI is InChI=1S/C18H17ClO2/c1-3-12-4-6-14(7-5-12)18(2,20)17-11-13-10-15(19)8-9-16(13)21-17/h4-11,20H,3H2,1-2H3. The van der Waals surface area contributed by atoms with E-state index in [4.69, 9.17) is 16.0 Å². The number of rotatable bonds is 3. The number of benzene rings is 2. The second-order valence-electron chi connectivity index (χ2n) is 5.42. The van der Waals surface area contributed by atoms with Crippen LogP contribution in [0.5, 0.6) is 0 Å². The van der Waals surface area contributed by atoms with E-state index in [1.54, 1.807) is 13.0 Å². The average molecular weight is 301 g/mol. The Morgan fingerprint density at radius 1 is 1.10 bits per heavy atom. The second-order valence-corrected chi connectivity index (χ2v) is 5.85. The molecular formula is C18H17ClO2. The molecule has 0 bridgehead atoms. The van der Waals surface area contributed by atoms with E-state index in [1.165, 1.54) is 5.56 Å². The maximum atomic E-state index is 10.9. The molecule has 0 aliphatic rings. The molecule has 2 aromatic carbocycles. The Kier molecular flexibility index (Phi) is 3.52. The number of aliphatic hydroxyl groups is 1. The fraction of sp³-hybridized carbons (Fsp3) is 0.222. The first-order valence-corrected chi connectivity index (χ1v) is 7.40. The smallest absolute Gasteiger partial charge is 0.144 e. The van der Waals surface area contributed by atoms with Crippen LogP contribution in [-0.2, 0) is 12.0 Å². The van der Waals surface area contributed by atoms with E-state index in [-0.39, 0.29) is 0 Å². The van der Waals surface area contributed by atoms with Crippen LogP contribution < -0.4 is 0 Å². The molecular weight excluding hydrogens is 284 g/mol. The van der Waals surface area contributed by atoms with E-state index in [1.807, 2.05) is 42.5 Å². The average Bonchev–Trinajstić information content (AvgIpc) is 2.91. The van der Waals surface area contributed by atoms with Crippen LogP contribution in [0.4, 0.5) is 0 Å². The SMILES string of the molecule is CCc1ccc(C(C)(O)c2cc3cc(Cl)ccc3o2)cc1. The van der Waals surface area contributed by atoms with Crippen molar-refractivity contribution in [3.8, 4) is 0 Å². The molecule has 0 amide bonds. The Balaban J connectivity index is 2.05. The number of aryl methyl sites for hydroxylation is 1. The van der Waals surface area contributed by atoms with Crippen LogP contribution >= 0.6 is 11.6 Å². The molecule has 1 unspecified atom stereocenters. The molecule has 0 radical (unpaired) electrons. The molecule has 0 spiro atoms. The number of halogens is 1. The zero-order chi connectivity index (χ0) is 15.0. The molecule has 3 rings (SSSR count). The second kappa shape index (κ2) is 5.21. The molecule has 0 fully saturated rings. The first kappa shape index (κ1) is 14.2. The Bertz CT molecular complexity index is 770. The van der Waals surface area contributed by atoms with E-state index < -0.39 is 5.60 Å². The van der Waals surface area contributed by atoms with Crippen molar-refractivity contribution < 1.29 is 9.52 Å². The largest absolute Gasteiger partial charge is 0.458 e. The van der Waals surface area contributed by atoms with Crippen molar-refractivity contribution in [2.24, 2.45) is 0 Å². The predicted octanol–water partition coefficient (Wildman–Crippen LogP) is 4.90. The Hall–Kier alpha value is -1.77. The topological polar surface area (TPSA) is 33.4 Å². The third-order valence-electron chi connectivity index (χ3n) is 3.88. The van der Waals surface area contributed by atoms with Crippen LogP contribution in [0.15, 0.2) is 52.9 Å². The van der Waals surface area contributed by atoms with E-state index >= 15 is 0 Å². The fourth-order valence-corrected chi connectivity index (χ4v) is 2.64. The van der Waals surface area contributed by atoms with E-state index in [0.29, 0.717) is 10.8 Å². The normalized spacial score (nSPS) is 14.3. The highest BCUT2D eigenvalue weighted by Gasteiger charge is 2.29. The van der Waals surface area contributed by atoms with Gasteiger partial charge in [-0.2, -0.15) is 0 Å². The Labute approximate surface area is 129 Å². The zero-order valence-electron chi connectivity index (χ0n) is 12.1. The van der Waals surface area contributed by atoms with Gasteiger partial charge in [-0.15, -0.1) is 0 Å². The molecule has 1 N–H and O–H groups in total. The summed E-state index contributed by atoms with van der Waals surface area (Å²) in [5.74, 6) is 0.518. The minimum Gasteiger partial charge on any atom is -0.458 e. The quantitative estimate of drug-likeness (QED) is 0.746. The molecule has 0 aliphatic heterocycles. The summed E-state index contributed by atoms with van der Waals surface area (Å²) in [6.45, 7) is 3.85. The summed E-state index contributed by atoms with van der Waals surface area (Å²) < 4.78 is 5.79. The third-order valence-corrected chi connectivity index (χ3v) is 4.12. The van der Waals surface area contributed by atoms with Gasteiger partial charge in [-0.05, 0) is 48.7 Å². The molecule has 1 heterocycles. The fourth-order valence-electron chi connectivity index (χ4n) is 2.46. The highest BCUT2D eigenvalue weighted by atomic mass is 35.5. The van der Waals surface area contributed by atoms with Crippen LogP contribution in [0.3, 0.4) is 0 Å². The summed E-state index contributed by atoms with van der Waals surface area (Å²) in [6, 6.07) is 15.2. The van der Waals surface area contributed by atoms with Gasteiger partial charge in [-0.3, -0.25) is 0 Å². The third kappa shape index (κ3) is 2.57. The minimum atomic E-state index is -1.17. The maximum absolute atomic E-state index is 10.9. The van der Waals surface area contributed by atoms with Gasteiger partial charge in [0, 0.05) is 10.4 Å². The van der Waals surface area contributed by atoms with Gasteiger partial charge in [-0.1, -0.05) is 42.8 Å². The van der Waals surface area contributed by atoms with Gasteiger partial charge in [0.1, 0.15) is 16.9 Å². The lowest BCUT2D eigenvalue weighted by Gasteiger charge is -2.21. The minimum absolute atomic E-state index is 0.518. The van der Waals surface area contributed by atoms with E-state index in [9.17, 15) is 5.11 Å². The molecule has 3 heteroatoms. The first-order valence-electron chi connectivity index (χ1n) is 7.02. The highest BCUT2D eigenvalue weighted by Crippen LogP contribution is 2.34. The summed E-state index contributed by atoms with van der Waals surface area (Å²) >= 11 is 5.99. The molecule has 0 saturated heterocycles. The summed E-state index contributed by atoms with van der Waals surface area (Å²) in [5.41, 5.74) is 1.60. The monoisotopic (exact) mass is 300 g/mol. The van der Waals surface area contributed by atoms with Crippen LogP contribution in [0, 0.1) is 0 Å². The van der Waals surface area contributed by atoms with Crippen molar-refractivity contribution in [2.45, 2.75) is 25.9 Å². The van der Waals surface area contributed by atoms with Crippen molar-refractivity contribution in [1.29, 1.82) is 0 Å². The van der Waals surface area contributed by atoms with Crippen molar-refractivity contribution in [1.82, 2.24) is 0 Å². The van der Waals surface area contributed by atoms with Crippen LogP contribution in [0.1, 0.15) is 30.7 Å². The van der Waals surface area contributed by atoms with Crippen molar-refractivity contribution in [2.75, 3.05) is 0 Å². The van der Waals surface area contributed by atoms with Gasteiger partial charge in [0.15, 0.2) is 0 Å². The van der Waals surface area contributed by atoms with Crippen molar-refractivity contribution in [3.05, 3.63) is 70.4 Å². The molecule has 0 saturated carbocycles. The number of hydrogen-bond acceptors (Lipinski definition) is 2. The molecule has 1 aromatic heterocycles. The molecule has 2 nitrogen and oxygen atoms in total. The molecule has 1 atom stereocenters. The predicted molar refractivity (Wildman–Crippen MR) is 85.7 cm³/mol.